The number of nitrogens with two attached hydrogens (primary N) is 1. The zero-order valence-corrected chi connectivity index (χ0v) is 33.4. The van der Waals surface area contributed by atoms with Gasteiger partial charge in [0, 0.05) is 82.9 Å². The average Bonchev–Trinajstić information content (AvgIpc) is 3.84. The van der Waals surface area contributed by atoms with Crippen molar-refractivity contribution in [1.29, 1.82) is 0 Å². The SMILES string of the molecule is CN1CC(NC2CC(N3CCC[C@@H](N4CC5(CN(CC6CCN(C7CCC8C(=O)N([C@H]9CCC(=O)NC9=O)C(=O)C8C7)CC6)C5)OC4=O)C3)CCC2C(N)=O)CN1. The Morgan fingerprint density at radius 3 is 2.33 bits per heavy atom. The molecule has 0 radical (unpaired) electrons. The Bertz CT molecular complexity index is 1620. The predicted molar refractivity (Wildman–Crippen MR) is 206 cm³/mol. The molecule has 0 bridgehead atoms. The highest BCUT2D eigenvalue weighted by Gasteiger charge is 2.57. The van der Waals surface area contributed by atoms with Crippen LogP contribution in [0.25, 0.3) is 0 Å². The van der Waals surface area contributed by atoms with Gasteiger partial charge in [0.05, 0.1) is 24.3 Å². The van der Waals surface area contributed by atoms with Gasteiger partial charge in [-0.2, -0.15) is 0 Å². The summed E-state index contributed by atoms with van der Waals surface area (Å²) in [5, 5.41) is 8.14. The van der Waals surface area contributed by atoms with Gasteiger partial charge in [-0.15, -0.1) is 0 Å². The van der Waals surface area contributed by atoms with Gasteiger partial charge in [-0.25, -0.2) is 9.80 Å². The molecule has 2 aliphatic carbocycles. The van der Waals surface area contributed by atoms with Crippen molar-refractivity contribution in [3.63, 3.8) is 0 Å². The number of carbonyl (C=O) groups excluding carboxylic acids is 6. The summed E-state index contributed by atoms with van der Waals surface area (Å²) in [6.07, 6.45) is 9.10. The smallest absolute Gasteiger partial charge is 0.410 e. The number of ether oxygens (including phenoxy) is 1. The maximum Gasteiger partial charge on any atom is 0.410 e. The second-order valence-corrected chi connectivity index (χ2v) is 19.0. The first-order chi connectivity index (χ1) is 27.4. The Balaban J connectivity index is 0.721. The fourth-order valence-electron chi connectivity index (χ4n) is 12.3. The summed E-state index contributed by atoms with van der Waals surface area (Å²) in [6, 6.07) is 0.195. The lowest BCUT2D eigenvalue weighted by Crippen LogP contribution is -2.65. The van der Waals surface area contributed by atoms with E-state index >= 15 is 0 Å². The van der Waals surface area contributed by atoms with Gasteiger partial charge in [0.2, 0.25) is 29.5 Å². The Kier molecular flexibility index (Phi) is 10.8. The van der Waals surface area contributed by atoms with E-state index in [2.05, 4.69) is 35.8 Å². The largest absolute Gasteiger partial charge is 0.438 e. The highest BCUT2D eigenvalue weighted by Crippen LogP contribution is 2.43. The van der Waals surface area contributed by atoms with E-state index in [-0.39, 0.29) is 84.5 Å². The van der Waals surface area contributed by atoms with Gasteiger partial charge in [-0.3, -0.25) is 54.3 Å². The molecule has 314 valence electrons. The minimum Gasteiger partial charge on any atom is -0.438 e. The molecule has 9 fully saturated rings. The zero-order chi connectivity index (χ0) is 39.6. The van der Waals surface area contributed by atoms with E-state index in [9.17, 15) is 28.8 Å². The highest BCUT2D eigenvalue weighted by atomic mass is 16.6. The molecule has 7 aliphatic heterocycles. The number of nitrogens with zero attached hydrogens (tertiary/aromatic N) is 6. The van der Waals surface area contributed by atoms with Gasteiger partial charge in [-0.05, 0) is 96.2 Å². The molecular formula is C40H62N10O7. The first-order valence-corrected chi connectivity index (χ1v) is 21.8. The molecular weight excluding hydrogens is 733 g/mol. The van der Waals surface area contributed by atoms with E-state index in [1.165, 1.54) is 4.90 Å². The summed E-state index contributed by atoms with van der Waals surface area (Å²) < 4.78 is 6.15. The average molecular weight is 795 g/mol. The van der Waals surface area contributed by atoms with Crippen molar-refractivity contribution >= 4 is 35.6 Å². The minimum atomic E-state index is -0.873. The van der Waals surface area contributed by atoms with Gasteiger partial charge in [-0.1, -0.05) is 0 Å². The number of fused-ring (bicyclic) bond motifs is 1. The van der Waals surface area contributed by atoms with E-state index in [1.54, 1.807) is 0 Å². The van der Waals surface area contributed by atoms with E-state index < -0.39 is 17.6 Å². The van der Waals surface area contributed by atoms with Crippen LogP contribution in [0.1, 0.15) is 77.0 Å². The van der Waals surface area contributed by atoms with Crippen molar-refractivity contribution in [2.75, 3.05) is 72.5 Å². The third-order valence-electron chi connectivity index (χ3n) is 15.3. The molecule has 0 aromatic rings. The lowest BCUT2D eigenvalue weighted by Gasteiger charge is -2.49. The molecule has 9 rings (SSSR count). The molecule has 57 heavy (non-hydrogen) atoms. The molecule has 0 aromatic carbocycles. The summed E-state index contributed by atoms with van der Waals surface area (Å²) in [4.78, 5) is 87.4. The Morgan fingerprint density at radius 2 is 1.60 bits per heavy atom. The number of piperidine rings is 3. The fourth-order valence-corrected chi connectivity index (χ4v) is 12.3. The number of hydrogen-bond donors (Lipinski definition) is 4. The summed E-state index contributed by atoms with van der Waals surface area (Å²) in [5.74, 6) is -1.94. The van der Waals surface area contributed by atoms with Crippen LogP contribution in [-0.2, 0) is 28.7 Å². The first-order valence-electron chi connectivity index (χ1n) is 21.8. The molecule has 9 aliphatic rings. The lowest BCUT2D eigenvalue weighted by atomic mass is 9.77. The third-order valence-corrected chi connectivity index (χ3v) is 15.3. The maximum atomic E-state index is 13.5. The van der Waals surface area contributed by atoms with Gasteiger partial charge in [0.15, 0.2) is 5.60 Å². The standard InChI is InChI=1S/C40H62N10O7/c1-45-19-25(17-42-45)43-32-16-27(5-7-30(32)35(41)52)48-12-2-3-28(20-48)49-23-40(57-39(49)56)21-46(22-40)18-24-10-13-47(14-11-24)26-4-6-29-31(15-26)38(55)50(37(29)54)33-8-9-34(51)44-36(33)53/h24-33,42-43H,2-23H2,1H3,(H2,41,52)(H,44,51,53)/t25?,26?,27?,28-,29?,30?,31?,32?,33+/m1/s1. The number of carbonyl (C=O) groups is 6. The second kappa shape index (κ2) is 15.8. The van der Waals surface area contributed by atoms with E-state index in [0.717, 1.165) is 110 Å². The number of primary amides is 1. The van der Waals surface area contributed by atoms with E-state index in [1.807, 2.05) is 11.9 Å². The van der Waals surface area contributed by atoms with Crippen LogP contribution in [0.2, 0.25) is 0 Å². The summed E-state index contributed by atoms with van der Waals surface area (Å²) in [7, 11) is 2.03. The van der Waals surface area contributed by atoms with Crippen LogP contribution in [-0.4, -0.2) is 179 Å². The highest BCUT2D eigenvalue weighted by molar-refractivity contribution is 6.10. The van der Waals surface area contributed by atoms with Gasteiger partial charge >= 0.3 is 6.09 Å². The van der Waals surface area contributed by atoms with Crippen LogP contribution >= 0.6 is 0 Å². The molecule has 0 aromatic heterocycles. The van der Waals surface area contributed by atoms with Crippen molar-refractivity contribution < 1.29 is 33.5 Å². The van der Waals surface area contributed by atoms with Crippen molar-refractivity contribution in [2.24, 2.45) is 29.4 Å². The monoisotopic (exact) mass is 794 g/mol. The normalized spacial score (nSPS) is 38.8. The Hall–Kier alpha value is -3.22. The maximum absolute atomic E-state index is 13.5. The van der Waals surface area contributed by atoms with Gasteiger partial charge < -0.3 is 20.7 Å². The molecule has 7 unspecified atom stereocenters. The van der Waals surface area contributed by atoms with Crippen LogP contribution in [0.5, 0.6) is 0 Å². The number of hydrogen-bond acceptors (Lipinski definition) is 13. The summed E-state index contributed by atoms with van der Waals surface area (Å²) in [5.41, 5.74) is 8.79. The van der Waals surface area contributed by atoms with Crippen LogP contribution in [0.3, 0.4) is 0 Å². The number of nitrogens with one attached hydrogen (secondary N) is 3. The number of rotatable bonds is 9. The Morgan fingerprint density at radius 1 is 0.842 bits per heavy atom. The van der Waals surface area contributed by atoms with Crippen molar-refractivity contribution in [2.45, 2.75) is 119 Å². The molecule has 6 amide bonds. The van der Waals surface area contributed by atoms with Crippen LogP contribution in [0.4, 0.5) is 4.79 Å². The number of likely N-dealkylation sites (tertiary alicyclic amines) is 4. The van der Waals surface area contributed by atoms with Gasteiger partial charge in [0.1, 0.15) is 6.04 Å². The van der Waals surface area contributed by atoms with Crippen LogP contribution in [0, 0.1) is 23.7 Å². The van der Waals surface area contributed by atoms with Crippen LogP contribution in [0.15, 0.2) is 0 Å². The number of amides is 6. The molecule has 1 spiro atoms. The number of imide groups is 2. The molecule has 7 saturated heterocycles. The zero-order valence-electron chi connectivity index (χ0n) is 33.4. The second-order valence-electron chi connectivity index (χ2n) is 19.0. The topological polar surface area (TPSA) is 193 Å². The Labute approximate surface area is 335 Å². The minimum absolute atomic E-state index is 0.0534. The number of likely N-dealkylation sites (N-methyl/N-ethyl adjacent to an activating group) is 1. The van der Waals surface area contributed by atoms with Crippen molar-refractivity contribution in [3.05, 3.63) is 0 Å². The van der Waals surface area contributed by atoms with Gasteiger partial charge in [0.25, 0.3) is 0 Å². The van der Waals surface area contributed by atoms with E-state index in [4.69, 9.17) is 10.5 Å². The van der Waals surface area contributed by atoms with E-state index in [0.29, 0.717) is 31.3 Å². The van der Waals surface area contributed by atoms with Crippen molar-refractivity contribution in [3.8, 4) is 0 Å². The lowest BCUT2D eigenvalue weighted by molar-refractivity contribution is -0.151. The molecule has 17 heteroatoms. The molecule has 2 saturated carbocycles. The number of hydrazine groups is 1. The summed E-state index contributed by atoms with van der Waals surface area (Å²) >= 11 is 0. The predicted octanol–water partition coefficient (Wildman–Crippen LogP) is -0.941. The summed E-state index contributed by atoms with van der Waals surface area (Å²) in [6.45, 7) is 8.68. The molecule has 5 N–H and O–H groups in total. The fraction of sp³-hybridized carbons (Fsp3) is 0.850. The first kappa shape index (κ1) is 39.3. The molecule has 17 nitrogen and oxygen atoms in total. The third kappa shape index (κ3) is 7.72. The van der Waals surface area contributed by atoms with Crippen molar-refractivity contribution in [1.82, 2.24) is 45.6 Å². The van der Waals surface area contributed by atoms with Crippen LogP contribution < -0.4 is 21.8 Å². The molecule has 9 atom stereocenters. The quantitative estimate of drug-likeness (QED) is 0.209. The molecule has 7 heterocycles.